The number of hydrazine groups is 1. The Balaban J connectivity index is 2.02. The first-order valence-electron chi connectivity index (χ1n) is 6.54. The van der Waals surface area contributed by atoms with E-state index < -0.39 is 0 Å². The van der Waals surface area contributed by atoms with Gasteiger partial charge in [-0.2, -0.15) is 11.3 Å². The average molecular weight is 290 g/mol. The largest absolute Gasteiger partial charge is 0.394 e. The molecule has 0 aromatic carbocycles. The van der Waals surface area contributed by atoms with Gasteiger partial charge in [0.25, 0.3) is 0 Å². The van der Waals surface area contributed by atoms with Crippen molar-refractivity contribution in [3.63, 3.8) is 0 Å². The lowest BCUT2D eigenvalue weighted by atomic mass is 10.1. The van der Waals surface area contributed by atoms with Gasteiger partial charge in [0.1, 0.15) is 5.69 Å². The number of nitrogens with two attached hydrogens (primary N) is 2. The van der Waals surface area contributed by atoms with Crippen LogP contribution in [0.15, 0.2) is 23.0 Å². The third-order valence-electron chi connectivity index (χ3n) is 3.49. The minimum absolute atomic E-state index is 0.609. The molecule has 20 heavy (non-hydrogen) atoms. The van der Waals surface area contributed by atoms with E-state index in [2.05, 4.69) is 26.0 Å². The summed E-state index contributed by atoms with van der Waals surface area (Å²) in [7, 11) is 0. The fourth-order valence-electron chi connectivity index (χ4n) is 2.44. The molecule has 3 heterocycles. The Morgan fingerprint density at radius 2 is 2.15 bits per heavy atom. The number of anilines is 3. The number of nitrogens with zero attached hydrogens (tertiary/aromatic N) is 2. The molecule has 106 valence electrons. The van der Waals surface area contributed by atoms with Gasteiger partial charge in [-0.3, -0.25) is 5.84 Å². The van der Waals surface area contributed by atoms with Crippen molar-refractivity contribution in [3.8, 4) is 11.1 Å². The normalized spacial score (nSPS) is 15.3. The fourth-order valence-corrected chi connectivity index (χ4v) is 3.09. The Bertz CT molecular complexity index is 577. The summed E-state index contributed by atoms with van der Waals surface area (Å²) in [6.07, 6.45) is 1.84. The number of rotatable bonds is 3. The van der Waals surface area contributed by atoms with Gasteiger partial charge in [0.2, 0.25) is 0 Å². The molecule has 2 aromatic heterocycles. The first-order chi connectivity index (χ1) is 9.81. The Labute approximate surface area is 121 Å². The molecular weight excluding hydrogens is 272 g/mol. The molecule has 7 heteroatoms. The SMILES string of the molecule is NNc1c(-c2ccsc2)cnc(N2CCNCC2)c1N. The summed E-state index contributed by atoms with van der Waals surface area (Å²) >= 11 is 1.64. The fraction of sp³-hybridized carbons (Fsp3) is 0.308. The van der Waals surface area contributed by atoms with Crippen molar-refractivity contribution in [3.05, 3.63) is 23.0 Å². The summed E-state index contributed by atoms with van der Waals surface area (Å²) in [5.74, 6) is 6.47. The summed E-state index contributed by atoms with van der Waals surface area (Å²) in [5.41, 5.74) is 12.4. The van der Waals surface area contributed by atoms with Crippen molar-refractivity contribution in [2.75, 3.05) is 42.2 Å². The van der Waals surface area contributed by atoms with Crippen LogP contribution in [0.5, 0.6) is 0 Å². The highest BCUT2D eigenvalue weighted by atomic mass is 32.1. The van der Waals surface area contributed by atoms with Gasteiger partial charge in [0.05, 0.1) is 5.69 Å². The number of pyridine rings is 1. The first kappa shape index (κ1) is 13.2. The van der Waals surface area contributed by atoms with E-state index in [-0.39, 0.29) is 0 Å². The van der Waals surface area contributed by atoms with Crippen LogP contribution in [0.3, 0.4) is 0 Å². The second kappa shape index (κ2) is 5.66. The molecule has 0 atom stereocenters. The van der Waals surface area contributed by atoms with Crippen molar-refractivity contribution in [1.82, 2.24) is 10.3 Å². The van der Waals surface area contributed by atoms with Crippen LogP contribution in [0.25, 0.3) is 11.1 Å². The van der Waals surface area contributed by atoms with Crippen LogP contribution in [0, 0.1) is 0 Å². The van der Waals surface area contributed by atoms with Crippen LogP contribution in [0.1, 0.15) is 0 Å². The number of thiophene rings is 1. The topological polar surface area (TPSA) is 92.2 Å². The van der Waals surface area contributed by atoms with Gasteiger partial charge < -0.3 is 21.4 Å². The summed E-state index contributed by atoms with van der Waals surface area (Å²) in [4.78, 5) is 6.73. The minimum Gasteiger partial charge on any atom is -0.394 e. The van der Waals surface area contributed by atoms with E-state index in [9.17, 15) is 0 Å². The Hall–Kier alpha value is -1.83. The second-order valence-electron chi connectivity index (χ2n) is 4.68. The Morgan fingerprint density at radius 1 is 1.35 bits per heavy atom. The maximum absolute atomic E-state index is 6.27. The molecule has 0 amide bonds. The molecule has 0 saturated carbocycles. The molecule has 0 bridgehead atoms. The highest BCUT2D eigenvalue weighted by Gasteiger charge is 2.19. The molecule has 1 fully saturated rings. The van der Waals surface area contributed by atoms with E-state index in [1.807, 2.05) is 17.6 Å². The van der Waals surface area contributed by atoms with E-state index in [0.29, 0.717) is 5.69 Å². The molecule has 3 rings (SSSR count). The predicted octanol–water partition coefficient (Wildman–Crippen LogP) is 1.09. The first-order valence-corrected chi connectivity index (χ1v) is 7.49. The second-order valence-corrected chi connectivity index (χ2v) is 5.46. The van der Waals surface area contributed by atoms with Crippen LogP contribution in [-0.4, -0.2) is 31.2 Å². The van der Waals surface area contributed by atoms with Crippen molar-refractivity contribution >= 4 is 28.5 Å². The minimum atomic E-state index is 0.609. The van der Waals surface area contributed by atoms with Gasteiger partial charge >= 0.3 is 0 Å². The lowest BCUT2D eigenvalue weighted by Gasteiger charge is -2.30. The van der Waals surface area contributed by atoms with E-state index in [1.165, 1.54) is 0 Å². The van der Waals surface area contributed by atoms with Crippen LogP contribution in [0.2, 0.25) is 0 Å². The smallest absolute Gasteiger partial charge is 0.154 e. The molecule has 1 aliphatic rings. The Kier molecular flexibility index (Phi) is 3.72. The standard InChI is InChI=1S/C13H18N6S/c14-11-12(18-15)10(9-1-6-20-8-9)7-17-13(11)19-4-2-16-3-5-19/h1,6-8,16H,2-5,14-15H2,(H,17,18). The third-order valence-corrected chi connectivity index (χ3v) is 4.17. The maximum atomic E-state index is 6.27. The van der Waals surface area contributed by atoms with Crippen molar-refractivity contribution < 1.29 is 0 Å². The number of nitrogens with one attached hydrogen (secondary N) is 2. The number of nitrogen functional groups attached to an aromatic ring is 2. The quantitative estimate of drug-likeness (QED) is 0.499. The molecule has 2 aromatic rings. The summed E-state index contributed by atoms with van der Waals surface area (Å²) in [6.45, 7) is 3.69. The van der Waals surface area contributed by atoms with Gasteiger partial charge in [-0.15, -0.1) is 0 Å². The van der Waals surface area contributed by atoms with E-state index in [1.54, 1.807) is 11.3 Å². The summed E-state index contributed by atoms with van der Waals surface area (Å²) in [6, 6.07) is 2.03. The monoisotopic (exact) mass is 290 g/mol. The number of piperazine rings is 1. The lowest BCUT2D eigenvalue weighted by molar-refractivity contribution is 0.585. The van der Waals surface area contributed by atoms with E-state index >= 15 is 0 Å². The highest BCUT2D eigenvalue weighted by Crippen LogP contribution is 2.37. The average Bonchev–Trinajstić information content (AvgIpc) is 3.02. The lowest BCUT2D eigenvalue weighted by Crippen LogP contribution is -2.44. The Morgan fingerprint density at radius 3 is 2.80 bits per heavy atom. The molecule has 1 saturated heterocycles. The van der Waals surface area contributed by atoms with Gasteiger partial charge in [0, 0.05) is 37.9 Å². The van der Waals surface area contributed by atoms with Crippen LogP contribution < -0.4 is 27.2 Å². The number of hydrogen-bond acceptors (Lipinski definition) is 7. The summed E-state index contributed by atoms with van der Waals surface area (Å²) in [5, 5.41) is 7.40. The predicted molar refractivity (Wildman–Crippen MR) is 84.9 cm³/mol. The van der Waals surface area contributed by atoms with Crippen molar-refractivity contribution in [2.24, 2.45) is 5.84 Å². The highest BCUT2D eigenvalue weighted by molar-refractivity contribution is 7.08. The number of aromatic nitrogens is 1. The van der Waals surface area contributed by atoms with Gasteiger partial charge in [-0.25, -0.2) is 4.98 Å². The molecule has 0 radical (unpaired) electrons. The summed E-state index contributed by atoms with van der Waals surface area (Å²) < 4.78 is 0. The molecule has 0 spiro atoms. The molecule has 0 aliphatic carbocycles. The van der Waals surface area contributed by atoms with Crippen molar-refractivity contribution in [1.29, 1.82) is 0 Å². The molecule has 1 aliphatic heterocycles. The van der Waals surface area contributed by atoms with Crippen LogP contribution >= 0.6 is 11.3 Å². The molecule has 0 unspecified atom stereocenters. The molecule has 6 N–H and O–H groups in total. The van der Waals surface area contributed by atoms with Crippen LogP contribution in [-0.2, 0) is 0 Å². The zero-order valence-electron chi connectivity index (χ0n) is 11.1. The molecular formula is C13H18N6S. The van der Waals surface area contributed by atoms with Gasteiger partial charge in [-0.05, 0) is 22.4 Å². The van der Waals surface area contributed by atoms with Gasteiger partial charge in [-0.1, -0.05) is 0 Å². The zero-order valence-corrected chi connectivity index (χ0v) is 11.9. The van der Waals surface area contributed by atoms with Crippen molar-refractivity contribution in [2.45, 2.75) is 0 Å². The van der Waals surface area contributed by atoms with E-state index in [4.69, 9.17) is 11.6 Å². The number of hydrogen-bond donors (Lipinski definition) is 4. The van der Waals surface area contributed by atoms with E-state index in [0.717, 1.165) is 48.8 Å². The molecule has 6 nitrogen and oxygen atoms in total. The maximum Gasteiger partial charge on any atom is 0.154 e. The zero-order chi connectivity index (χ0) is 13.9. The van der Waals surface area contributed by atoms with Crippen LogP contribution in [0.4, 0.5) is 17.2 Å². The third kappa shape index (κ3) is 2.31. The van der Waals surface area contributed by atoms with Gasteiger partial charge in [0.15, 0.2) is 5.82 Å².